The fourth-order valence-corrected chi connectivity index (χ4v) is 4.13. The molecule has 164 valence electrons. The molecule has 6 atom stereocenters. The number of nitrogens with two attached hydrogens (primary N) is 1. The van der Waals surface area contributed by atoms with Crippen molar-refractivity contribution >= 4 is 16.6 Å². The molecule has 3 unspecified atom stereocenters. The number of nitrogens with zero attached hydrogens (tertiary/aromatic N) is 1. The number of ether oxygens (including phenoxy) is 1. The SMILES string of the molecule is Cc1cc(-c2ccc3ccnc(N)c3c2)ccc1[C@@H](O)[C@H]1OC(CO)[C@@H](O)C(O)C1O. The Labute approximate surface area is 179 Å². The number of nitrogen functional groups attached to an aromatic ring is 1. The lowest BCUT2D eigenvalue weighted by Gasteiger charge is -2.42. The zero-order chi connectivity index (χ0) is 22.3. The predicted molar refractivity (Wildman–Crippen MR) is 115 cm³/mol. The minimum absolute atomic E-state index is 0.450. The molecule has 0 saturated carbocycles. The van der Waals surface area contributed by atoms with Gasteiger partial charge in [-0.2, -0.15) is 0 Å². The molecule has 8 heteroatoms. The van der Waals surface area contributed by atoms with Crippen LogP contribution in [-0.4, -0.2) is 67.6 Å². The quantitative estimate of drug-likeness (QED) is 0.356. The van der Waals surface area contributed by atoms with Crippen molar-refractivity contribution in [3.63, 3.8) is 0 Å². The number of anilines is 1. The summed E-state index contributed by atoms with van der Waals surface area (Å²) in [6.45, 7) is 1.27. The molecule has 1 saturated heterocycles. The van der Waals surface area contributed by atoms with Gasteiger partial charge in [0, 0.05) is 11.6 Å². The van der Waals surface area contributed by atoms with Crippen LogP contribution in [0.4, 0.5) is 5.82 Å². The van der Waals surface area contributed by atoms with Crippen LogP contribution in [0, 0.1) is 6.92 Å². The van der Waals surface area contributed by atoms with Crippen LogP contribution in [0.15, 0.2) is 48.7 Å². The summed E-state index contributed by atoms with van der Waals surface area (Å²) in [6, 6.07) is 13.3. The summed E-state index contributed by atoms with van der Waals surface area (Å²) < 4.78 is 5.50. The van der Waals surface area contributed by atoms with Crippen LogP contribution in [0.1, 0.15) is 17.2 Å². The molecule has 8 nitrogen and oxygen atoms in total. The lowest BCUT2D eigenvalue weighted by Crippen LogP contribution is -2.59. The number of aliphatic hydroxyl groups is 5. The monoisotopic (exact) mass is 426 g/mol. The molecule has 0 spiro atoms. The molecule has 4 rings (SSSR count). The highest BCUT2D eigenvalue weighted by atomic mass is 16.6. The smallest absolute Gasteiger partial charge is 0.131 e. The van der Waals surface area contributed by atoms with Gasteiger partial charge in [0.15, 0.2) is 0 Å². The number of pyridine rings is 1. The van der Waals surface area contributed by atoms with E-state index in [0.717, 1.165) is 27.5 Å². The lowest BCUT2D eigenvalue weighted by molar-refractivity contribution is -0.250. The summed E-state index contributed by atoms with van der Waals surface area (Å²) in [5.74, 6) is 0.450. The number of hydrogen-bond acceptors (Lipinski definition) is 8. The molecule has 0 aliphatic carbocycles. The minimum Gasteiger partial charge on any atom is -0.394 e. The van der Waals surface area contributed by atoms with Crippen molar-refractivity contribution in [3.8, 4) is 11.1 Å². The number of rotatable bonds is 4. The van der Waals surface area contributed by atoms with Gasteiger partial charge in [-0.3, -0.25) is 0 Å². The van der Waals surface area contributed by atoms with Crippen molar-refractivity contribution in [1.82, 2.24) is 4.98 Å². The van der Waals surface area contributed by atoms with E-state index in [0.29, 0.717) is 11.4 Å². The second kappa shape index (κ2) is 8.51. The molecule has 1 aromatic heterocycles. The van der Waals surface area contributed by atoms with Gasteiger partial charge in [-0.15, -0.1) is 0 Å². The Balaban J connectivity index is 1.64. The number of aliphatic hydroxyl groups excluding tert-OH is 5. The fourth-order valence-electron chi connectivity index (χ4n) is 4.13. The van der Waals surface area contributed by atoms with Crippen molar-refractivity contribution in [2.45, 2.75) is 43.5 Å². The average molecular weight is 426 g/mol. The Kier molecular flexibility index (Phi) is 5.94. The molecule has 1 fully saturated rings. The molecular formula is C23H26N2O6. The summed E-state index contributed by atoms with van der Waals surface area (Å²) in [6.07, 6.45) is -6.40. The third-order valence-corrected chi connectivity index (χ3v) is 5.96. The highest BCUT2D eigenvalue weighted by Gasteiger charge is 2.46. The van der Waals surface area contributed by atoms with Crippen LogP contribution in [0.2, 0.25) is 0 Å². The summed E-state index contributed by atoms with van der Waals surface area (Å²) in [5.41, 5.74) is 9.10. The van der Waals surface area contributed by atoms with Gasteiger partial charge in [0.25, 0.3) is 0 Å². The molecule has 7 N–H and O–H groups in total. The number of fused-ring (bicyclic) bond motifs is 1. The molecule has 0 amide bonds. The Morgan fingerprint density at radius 2 is 1.71 bits per heavy atom. The highest BCUT2D eigenvalue weighted by Crippen LogP contribution is 2.34. The van der Waals surface area contributed by atoms with E-state index in [9.17, 15) is 25.5 Å². The van der Waals surface area contributed by atoms with Crippen molar-refractivity contribution in [1.29, 1.82) is 0 Å². The van der Waals surface area contributed by atoms with E-state index in [2.05, 4.69) is 4.98 Å². The maximum atomic E-state index is 10.9. The van der Waals surface area contributed by atoms with Crippen LogP contribution in [-0.2, 0) is 4.74 Å². The van der Waals surface area contributed by atoms with Crippen LogP contribution in [0.5, 0.6) is 0 Å². The first kappa shape index (κ1) is 21.6. The van der Waals surface area contributed by atoms with Gasteiger partial charge in [-0.25, -0.2) is 4.98 Å². The highest BCUT2D eigenvalue weighted by molar-refractivity contribution is 5.94. The first-order valence-corrected chi connectivity index (χ1v) is 10.1. The minimum atomic E-state index is -1.54. The van der Waals surface area contributed by atoms with Gasteiger partial charge in [-0.1, -0.05) is 30.3 Å². The molecular weight excluding hydrogens is 400 g/mol. The second-order valence-electron chi connectivity index (χ2n) is 7.94. The molecule has 2 aromatic carbocycles. The number of aromatic nitrogens is 1. The van der Waals surface area contributed by atoms with Crippen molar-refractivity contribution in [3.05, 3.63) is 59.8 Å². The van der Waals surface area contributed by atoms with Crippen LogP contribution >= 0.6 is 0 Å². The molecule has 3 aromatic rings. The lowest BCUT2D eigenvalue weighted by atomic mass is 9.87. The van der Waals surface area contributed by atoms with E-state index < -0.39 is 43.2 Å². The van der Waals surface area contributed by atoms with Gasteiger partial charge < -0.3 is 36.0 Å². The zero-order valence-corrected chi connectivity index (χ0v) is 17.0. The van der Waals surface area contributed by atoms with Gasteiger partial charge >= 0.3 is 0 Å². The first-order valence-electron chi connectivity index (χ1n) is 10.1. The predicted octanol–water partition coefficient (Wildman–Crippen LogP) is 0.668. The van der Waals surface area contributed by atoms with Gasteiger partial charge in [0.2, 0.25) is 0 Å². The summed E-state index contributed by atoms with van der Waals surface area (Å²) in [5, 5.41) is 52.4. The third-order valence-electron chi connectivity index (χ3n) is 5.96. The maximum Gasteiger partial charge on any atom is 0.131 e. The topological polar surface area (TPSA) is 149 Å². The number of hydrogen-bond donors (Lipinski definition) is 6. The fraction of sp³-hybridized carbons (Fsp3) is 0.348. The number of benzene rings is 2. The van der Waals surface area contributed by atoms with E-state index in [4.69, 9.17) is 10.5 Å². The standard InChI is InChI=1S/C23H26N2O6/c1-11-8-13(14-3-2-12-6-7-25-23(24)16(12)9-14)4-5-15(11)18(27)22-21(30)20(29)19(28)17(10-26)31-22/h2-9,17-22,26-30H,10H2,1H3,(H2,24,25)/t17?,18-,19-,20?,21?,22-/m1/s1. The summed E-state index contributed by atoms with van der Waals surface area (Å²) in [7, 11) is 0. The van der Waals surface area contributed by atoms with Gasteiger partial charge in [0.05, 0.1) is 6.61 Å². The van der Waals surface area contributed by atoms with E-state index >= 15 is 0 Å². The second-order valence-corrected chi connectivity index (χ2v) is 7.94. The van der Waals surface area contributed by atoms with E-state index in [-0.39, 0.29) is 0 Å². The summed E-state index contributed by atoms with van der Waals surface area (Å²) >= 11 is 0. The molecule has 2 heterocycles. The van der Waals surface area contributed by atoms with Crippen LogP contribution < -0.4 is 5.73 Å². The number of aryl methyl sites for hydroxylation is 1. The maximum absolute atomic E-state index is 10.9. The van der Waals surface area contributed by atoms with E-state index in [1.165, 1.54) is 0 Å². The molecule has 0 bridgehead atoms. The molecule has 1 aliphatic rings. The van der Waals surface area contributed by atoms with Crippen molar-refractivity contribution < 1.29 is 30.3 Å². The van der Waals surface area contributed by atoms with Gasteiger partial charge in [0.1, 0.15) is 42.4 Å². The Morgan fingerprint density at radius 1 is 1.00 bits per heavy atom. The van der Waals surface area contributed by atoms with Crippen LogP contribution in [0.3, 0.4) is 0 Å². The largest absolute Gasteiger partial charge is 0.394 e. The summed E-state index contributed by atoms with van der Waals surface area (Å²) in [4.78, 5) is 4.13. The zero-order valence-electron chi connectivity index (χ0n) is 17.0. The molecule has 1 aliphatic heterocycles. The Morgan fingerprint density at radius 3 is 2.42 bits per heavy atom. The van der Waals surface area contributed by atoms with E-state index in [1.54, 1.807) is 12.3 Å². The van der Waals surface area contributed by atoms with E-state index in [1.807, 2.05) is 43.3 Å². The van der Waals surface area contributed by atoms with Gasteiger partial charge in [-0.05, 0) is 46.7 Å². The van der Waals surface area contributed by atoms with Crippen molar-refractivity contribution in [2.75, 3.05) is 12.3 Å². The first-order chi connectivity index (χ1) is 14.8. The van der Waals surface area contributed by atoms with Crippen molar-refractivity contribution in [2.24, 2.45) is 0 Å². The third kappa shape index (κ3) is 3.89. The normalized spacial score (nSPS) is 27.4. The average Bonchev–Trinajstić information content (AvgIpc) is 2.77. The van der Waals surface area contributed by atoms with Crippen LogP contribution in [0.25, 0.3) is 21.9 Å². The molecule has 0 radical (unpaired) electrons. The Bertz CT molecular complexity index is 1090. The Hall–Kier alpha value is -2.59. The molecule has 31 heavy (non-hydrogen) atoms.